The molecule has 3 aliphatic rings. The van der Waals surface area contributed by atoms with Gasteiger partial charge in [0.2, 0.25) is 0 Å². The molecule has 0 saturated heterocycles. The Balaban J connectivity index is 1.80. The molecular weight excluding hydrogens is 216 g/mol. The first-order valence-electron chi connectivity index (χ1n) is 6.47. The highest BCUT2D eigenvalue weighted by Gasteiger charge is 2.60. The van der Waals surface area contributed by atoms with Crippen LogP contribution in [0.1, 0.15) is 32.6 Å². The standard InChI is InChI=1S/C14H20O3/c1-14-6-9(15)3-4-12(14)11(7-17-8-16-2)10-5-13(10)14/h10,13H,3-8H2,1-2H3/t10-,13-,14-/m1/s1. The van der Waals surface area contributed by atoms with Crippen LogP contribution in [0.5, 0.6) is 0 Å². The van der Waals surface area contributed by atoms with Gasteiger partial charge in [-0.05, 0) is 35.7 Å². The normalized spacial score (nSPS) is 39.3. The average Bonchev–Trinajstić information content (AvgIpc) is 3.02. The van der Waals surface area contributed by atoms with Crippen molar-refractivity contribution in [1.82, 2.24) is 0 Å². The Kier molecular flexibility index (Phi) is 2.64. The Hall–Kier alpha value is -0.670. The van der Waals surface area contributed by atoms with Gasteiger partial charge < -0.3 is 9.47 Å². The molecule has 2 fully saturated rings. The van der Waals surface area contributed by atoms with Crippen LogP contribution in [0.15, 0.2) is 11.1 Å². The van der Waals surface area contributed by atoms with Crippen molar-refractivity contribution in [2.24, 2.45) is 17.3 Å². The van der Waals surface area contributed by atoms with Gasteiger partial charge in [-0.1, -0.05) is 12.5 Å². The maximum absolute atomic E-state index is 11.7. The fourth-order valence-corrected chi connectivity index (χ4v) is 3.97. The molecule has 3 rings (SSSR count). The molecule has 3 heteroatoms. The molecule has 0 heterocycles. The van der Waals surface area contributed by atoms with Gasteiger partial charge in [-0.25, -0.2) is 0 Å². The van der Waals surface area contributed by atoms with Crippen molar-refractivity contribution in [3.05, 3.63) is 11.1 Å². The minimum Gasteiger partial charge on any atom is -0.359 e. The van der Waals surface area contributed by atoms with Crippen molar-refractivity contribution in [2.75, 3.05) is 20.5 Å². The summed E-state index contributed by atoms with van der Waals surface area (Å²) in [5.41, 5.74) is 3.20. The third kappa shape index (κ3) is 1.67. The van der Waals surface area contributed by atoms with Crippen molar-refractivity contribution in [3.63, 3.8) is 0 Å². The van der Waals surface area contributed by atoms with Gasteiger partial charge in [0, 0.05) is 20.0 Å². The summed E-state index contributed by atoms with van der Waals surface area (Å²) in [4.78, 5) is 11.7. The second kappa shape index (κ2) is 3.92. The molecule has 0 spiro atoms. The van der Waals surface area contributed by atoms with Crippen molar-refractivity contribution in [2.45, 2.75) is 32.6 Å². The van der Waals surface area contributed by atoms with Gasteiger partial charge in [-0.3, -0.25) is 4.79 Å². The Bertz CT molecular complexity index is 385. The first-order valence-corrected chi connectivity index (χ1v) is 6.47. The summed E-state index contributed by atoms with van der Waals surface area (Å²) >= 11 is 0. The lowest BCUT2D eigenvalue weighted by molar-refractivity contribution is -0.122. The smallest absolute Gasteiger partial charge is 0.146 e. The van der Waals surface area contributed by atoms with E-state index in [1.54, 1.807) is 7.11 Å². The molecule has 94 valence electrons. The van der Waals surface area contributed by atoms with Crippen LogP contribution in [0.25, 0.3) is 0 Å². The molecule has 0 amide bonds. The summed E-state index contributed by atoms with van der Waals surface area (Å²) in [6, 6.07) is 0. The number of allylic oxidation sites excluding steroid dienone is 1. The fourth-order valence-electron chi connectivity index (χ4n) is 3.97. The van der Waals surface area contributed by atoms with Gasteiger partial charge in [-0.15, -0.1) is 0 Å². The number of ketones is 1. The minimum atomic E-state index is 0.172. The highest BCUT2D eigenvalue weighted by Crippen LogP contribution is 2.68. The first-order chi connectivity index (χ1) is 8.16. The van der Waals surface area contributed by atoms with Crippen molar-refractivity contribution in [1.29, 1.82) is 0 Å². The van der Waals surface area contributed by atoms with Crippen LogP contribution in [0.4, 0.5) is 0 Å². The van der Waals surface area contributed by atoms with Crippen LogP contribution >= 0.6 is 0 Å². The average molecular weight is 236 g/mol. The summed E-state index contributed by atoms with van der Waals surface area (Å²) in [5, 5.41) is 0. The summed E-state index contributed by atoms with van der Waals surface area (Å²) in [5.74, 6) is 1.88. The largest absolute Gasteiger partial charge is 0.359 e. The molecule has 17 heavy (non-hydrogen) atoms. The number of Topliss-reactive ketones (excluding diaryl/α,β-unsaturated/α-hetero) is 1. The van der Waals surface area contributed by atoms with Crippen molar-refractivity contribution in [3.8, 4) is 0 Å². The van der Waals surface area contributed by atoms with E-state index in [0.29, 0.717) is 25.1 Å². The number of carbonyl (C=O) groups is 1. The fraction of sp³-hybridized carbons (Fsp3) is 0.786. The Morgan fingerprint density at radius 2 is 2.24 bits per heavy atom. The quantitative estimate of drug-likeness (QED) is 0.427. The van der Waals surface area contributed by atoms with Crippen LogP contribution < -0.4 is 0 Å². The number of rotatable bonds is 4. The van der Waals surface area contributed by atoms with Crippen LogP contribution in [0.2, 0.25) is 0 Å². The molecule has 0 aromatic heterocycles. The maximum atomic E-state index is 11.7. The zero-order chi connectivity index (χ0) is 12.0. The van der Waals surface area contributed by atoms with Crippen LogP contribution in [0, 0.1) is 17.3 Å². The van der Waals surface area contributed by atoms with Gasteiger partial charge in [0.25, 0.3) is 0 Å². The molecule has 0 radical (unpaired) electrons. The zero-order valence-corrected chi connectivity index (χ0v) is 10.6. The predicted octanol–water partition coefficient (Wildman–Crippen LogP) is 2.31. The van der Waals surface area contributed by atoms with E-state index in [1.807, 2.05) is 0 Å². The van der Waals surface area contributed by atoms with E-state index in [4.69, 9.17) is 9.47 Å². The highest BCUT2D eigenvalue weighted by molar-refractivity contribution is 5.82. The van der Waals surface area contributed by atoms with Crippen molar-refractivity contribution < 1.29 is 14.3 Å². The number of methoxy groups -OCH3 is 1. The maximum Gasteiger partial charge on any atom is 0.146 e. The number of hydrogen-bond acceptors (Lipinski definition) is 3. The van der Waals surface area contributed by atoms with Gasteiger partial charge >= 0.3 is 0 Å². The lowest BCUT2D eigenvalue weighted by Gasteiger charge is -2.34. The van der Waals surface area contributed by atoms with E-state index in [0.717, 1.165) is 25.2 Å². The lowest BCUT2D eigenvalue weighted by Crippen LogP contribution is -2.29. The van der Waals surface area contributed by atoms with Crippen LogP contribution in [-0.4, -0.2) is 26.3 Å². The van der Waals surface area contributed by atoms with Crippen molar-refractivity contribution >= 4 is 5.78 Å². The molecule has 0 aromatic rings. The molecule has 0 N–H and O–H groups in total. The first kappa shape index (κ1) is 11.4. The SMILES string of the molecule is COCOCC1=C2CCC(=O)C[C@@]2(C)[C@@H]2C[C@H]12. The zero-order valence-electron chi connectivity index (χ0n) is 10.6. The van der Waals surface area contributed by atoms with E-state index in [-0.39, 0.29) is 5.41 Å². The topological polar surface area (TPSA) is 35.5 Å². The Labute approximate surface area is 102 Å². The van der Waals surface area contributed by atoms with E-state index in [9.17, 15) is 4.79 Å². The third-order valence-corrected chi connectivity index (χ3v) is 4.81. The lowest BCUT2D eigenvalue weighted by atomic mass is 9.69. The second-order valence-electron chi connectivity index (χ2n) is 5.84. The minimum absolute atomic E-state index is 0.172. The third-order valence-electron chi connectivity index (χ3n) is 4.81. The van der Waals surface area contributed by atoms with Crippen LogP contribution in [-0.2, 0) is 14.3 Å². The number of ether oxygens (including phenoxy) is 2. The summed E-state index contributed by atoms with van der Waals surface area (Å²) in [7, 11) is 1.65. The number of carbonyl (C=O) groups excluding carboxylic acids is 1. The molecule has 0 aromatic carbocycles. The number of hydrogen-bond donors (Lipinski definition) is 0. The van der Waals surface area contributed by atoms with Gasteiger partial charge in [0.1, 0.15) is 12.6 Å². The molecule has 3 aliphatic carbocycles. The molecule has 3 nitrogen and oxygen atoms in total. The van der Waals surface area contributed by atoms with Gasteiger partial charge in [0.15, 0.2) is 0 Å². The molecule has 0 bridgehead atoms. The van der Waals surface area contributed by atoms with E-state index in [2.05, 4.69) is 6.92 Å². The predicted molar refractivity (Wildman–Crippen MR) is 63.4 cm³/mol. The monoisotopic (exact) mass is 236 g/mol. The summed E-state index contributed by atoms with van der Waals surface area (Å²) in [6.45, 7) is 3.35. The highest BCUT2D eigenvalue weighted by atomic mass is 16.7. The van der Waals surface area contributed by atoms with Gasteiger partial charge in [0.05, 0.1) is 6.61 Å². The molecule has 3 atom stereocenters. The second-order valence-corrected chi connectivity index (χ2v) is 5.84. The van der Waals surface area contributed by atoms with Crippen LogP contribution in [0.3, 0.4) is 0 Å². The summed E-state index contributed by atoms with van der Waals surface area (Å²) in [6.07, 6.45) is 3.72. The van der Waals surface area contributed by atoms with Gasteiger partial charge in [-0.2, -0.15) is 0 Å². The van der Waals surface area contributed by atoms with E-state index in [1.165, 1.54) is 17.6 Å². The Morgan fingerprint density at radius 1 is 1.41 bits per heavy atom. The Morgan fingerprint density at radius 3 is 3.00 bits per heavy atom. The van der Waals surface area contributed by atoms with E-state index < -0.39 is 0 Å². The summed E-state index contributed by atoms with van der Waals surface area (Å²) < 4.78 is 10.4. The van der Waals surface area contributed by atoms with E-state index >= 15 is 0 Å². The molecule has 0 unspecified atom stereocenters. The molecule has 2 saturated carbocycles. The molecular formula is C14H20O3. The molecule has 0 aliphatic heterocycles. The number of fused-ring (bicyclic) bond motifs is 3.